The second-order valence-corrected chi connectivity index (χ2v) is 5.36. The lowest BCUT2D eigenvalue weighted by Crippen LogP contribution is -2.46. The van der Waals surface area contributed by atoms with Crippen molar-refractivity contribution in [3.8, 4) is 5.75 Å². The molecule has 0 saturated heterocycles. The van der Waals surface area contributed by atoms with Crippen LogP contribution in [0.1, 0.15) is 37.7 Å². The Morgan fingerprint density at radius 3 is 2.58 bits per heavy atom. The number of nitrogens with two attached hydrogens (primary N) is 1. The maximum atomic E-state index is 12.4. The molecule has 2 rings (SSSR count). The lowest BCUT2D eigenvalue weighted by Gasteiger charge is -2.34. The number of hydrogen-bond donors (Lipinski definition) is 3. The van der Waals surface area contributed by atoms with Gasteiger partial charge in [-0.2, -0.15) is 0 Å². The number of nitrogens with one attached hydrogen (secondary N) is 1. The van der Waals surface area contributed by atoms with Crippen LogP contribution in [0.4, 0.5) is 0 Å². The molecule has 0 atom stereocenters. The van der Waals surface area contributed by atoms with E-state index in [0.717, 1.165) is 31.2 Å². The van der Waals surface area contributed by atoms with Crippen LogP contribution in [0.25, 0.3) is 0 Å². The zero-order chi connectivity index (χ0) is 13.7. The van der Waals surface area contributed by atoms with Gasteiger partial charge in [-0.05, 0) is 18.9 Å². The molecule has 4 nitrogen and oxygen atoms in total. The number of phenolic OH excluding ortho intramolecular Hbond substituents is 1. The molecule has 1 aliphatic rings. The van der Waals surface area contributed by atoms with Crippen molar-refractivity contribution < 1.29 is 9.90 Å². The van der Waals surface area contributed by atoms with E-state index in [9.17, 15) is 9.90 Å². The normalized spacial score (nSPS) is 17.9. The second-order valence-electron chi connectivity index (χ2n) is 5.36. The Bertz CT molecular complexity index is 440. The van der Waals surface area contributed by atoms with E-state index in [-0.39, 0.29) is 11.7 Å². The molecule has 0 radical (unpaired) electrons. The SMILES string of the molecule is NCC1(C(=O)NCc2ccccc2O)CCCCC1. The fraction of sp³-hybridized carbons (Fsp3) is 0.533. The first-order valence-electron chi connectivity index (χ1n) is 6.93. The van der Waals surface area contributed by atoms with Gasteiger partial charge in [-0.1, -0.05) is 37.5 Å². The molecule has 0 heterocycles. The van der Waals surface area contributed by atoms with E-state index in [0.29, 0.717) is 13.1 Å². The molecule has 4 heteroatoms. The molecule has 0 unspecified atom stereocenters. The number of aromatic hydroxyl groups is 1. The van der Waals surface area contributed by atoms with Crippen LogP contribution < -0.4 is 11.1 Å². The molecule has 104 valence electrons. The number of carbonyl (C=O) groups excluding carboxylic acids is 1. The van der Waals surface area contributed by atoms with Gasteiger partial charge in [-0.25, -0.2) is 0 Å². The lowest BCUT2D eigenvalue weighted by molar-refractivity contribution is -0.132. The molecular weight excluding hydrogens is 240 g/mol. The van der Waals surface area contributed by atoms with Crippen LogP contribution in [0.5, 0.6) is 5.75 Å². The van der Waals surface area contributed by atoms with Crippen molar-refractivity contribution in [1.82, 2.24) is 5.32 Å². The Hall–Kier alpha value is -1.55. The summed E-state index contributed by atoms with van der Waals surface area (Å²) in [5.41, 5.74) is 6.16. The quantitative estimate of drug-likeness (QED) is 0.776. The smallest absolute Gasteiger partial charge is 0.227 e. The maximum Gasteiger partial charge on any atom is 0.227 e. The average molecular weight is 262 g/mol. The fourth-order valence-electron chi connectivity index (χ4n) is 2.78. The molecule has 1 aromatic carbocycles. The minimum absolute atomic E-state index is 0.0259. The van der Waals surface area contributed by atoms with E-state index in [1.807, 2.05) is 12.1 Å². The summed E-state index contributed by atoms with van der Waals surface area (Å²) in [6, 6.07) is 7.05. The Labute approximate surface area is 114 Å². The summed E-state index contributed by atoms with van der Waals surface area (Å²) in [6.07, 6.45) is 5.07. The highest BCUT2D eigenvalue weighted by molar-refractivity contribution is 5.83. The standard InChI is InChI=1S/C15H22N2O2/c16-11-15(8-4-1-5-9-15)14(19)17-10-12-6-2-3-7-13(12)18/h2-3,6-7,18H,1,4-5,8-11,16H2,(H,17,19). The monoisotopic (exact) mass is 262 g/mol. The first kappa shape index (κ1) is 13.9. The lowest BCUT2D eigenvalue weighted by atomic mass is 9.73. The van der Waals surface area contributed by atoms with Crippen LogP contribution >= 0.6 is 0 Å². The summed E-state index contributed by atoms with van der Waals surface area (Å²) >= 11 is 0. The Morgan fingerprint density at radius 2 is 1.95 bits per heavy atom. The number of amides is 1. The number of phenols is 1. The Kier molecular flexibility index (Phi) is 4.43. The predicted molar refractivity (Wildman–Crippen MR) is 74.5 cm³/mol. The van der Waals surface area contributed by atoms with Gasteiger partial charge < -0.3 is 16.2 Å². The van der Waals surface area contributed by atoms with Crippen LogP contribution in [0.15, 0.2) is 24.3 Å². The molecule has 1 aliphatic carbocycles. The summed E-state index contributed by atoms with van der Waals surface area (Å²) in [7, 11) is 0. The predicted octanol–water partition coefficient (Wildman–Crippen LogP) is 1.92. The minimum Gasteiger partial charge on any atom is -0.508 e. The molecule has 0 spiro atoms. The summed E-state index contributed by atoms with van der Waals surface area (Å²) < 4.78 is 0. The van der Waals surface area contributed by atoms with Gasteiger partial charge in [-0.3, -0.25) is 4.79 Å². The highest BCUT2D eigenvalue weighted by atomic mass is 16.3. The van der Waals surface area contributed by atoms with E-state index in [1.54, 1.807) is 12.1 Å². The molecule has 1 amide bonds. The van der Waals surface area contributed by atoms with E-state index < -0.39 is 5.41 Å². The largest absolute Gasteiger partial charge is 0.508 e. The van der Waals surface area contributed by atoms with Crippen LogP contribution in [0.3, 0.4) is 0 Å². The Balaban J connectivity index is 1.98. The molecule has 19 heavy (non-hydrogen) atoms. The third-order valence-electron chi connectivity index (χ3n) is 4.11. The zero-order valence-electron chi connectivity index (χ0n) is 11.2. The minimum atomic E-state index is -0.400. The summed E-state index contributed by atoms with van der Waals surface area (Å²) in [5, 5.41) is 12.6. The van der Waals surface area contributed by atoms with Crippen LogP contribution in [0, 0.1) is 5.41 Å². The van der Waals surface area contributed by atoms with Gasteiger partial charge in [0, 0.05) is 18.7 Å². The van der Waals surface area contributed by atoms with Gasteiger partial charge in [0.1, 0.15) is 5.75 Å². The highest BCUT2D eigenvalue weighted by Gasteiger charge is 2.37. The molecule has 1 fully saturated rings. The van der Waals surface area contributed by atoms with Crippen molar-refractivity contribution >= 4 is 5.91 Å². The first-order valence-corrected chi connectivity index (χ1v) is 6.93. The van der Waals surface area contributed by atoms with Gasteiger partial charge in [-0.15, -0.1) is 0 Å². The van der Waals surface area contributed by atoms with Gasteiger partial charge in [0.25, 0.3) is 0 Å². The third-order valence-corrected chi connectivity index (χ3v) is 4.11. The molecule has 0 bridgehead atoms. The fourth-order valence-corrected chi connectivity index (χ4v) is 2.78. The molecule has 4 N–H and O–H groups in total. The molecular formula is C15H22N2O2. The van der Waals surface area contributed by atoms with Crippen molar-refractivity contribution in [2.75, 3.05) is 6.54 Å². The van der Waals surface area contributed by atoms with E-state index in [2.05, 4.69) is 5.32 Å². The van der Waals surface area contributed by atoms with E-state index >= 15 is 0 Å². The summed E-state index contributed by atoms with van der Waals surface area (Å²) in [4.78, 5) is 12.4. The van der Waals surface area contributed by atoms with Crippen LogP contribution in [0.2, 0.25) is 0 Å². The van der Waals surface area contributed by atoms with Gasteiger partial charge in [0.15, 0.2) is 0 Å². The number of benzene rings is 1. The van der Waals surface area contributed by atoms with Crippen molar-refractivity contribution in [3.05, 3.63) is 29.8 Å². The van der Waals surface area contributed by atoms with Gasteiger partial charge in [0.2, 0.25) is 5.91 Å². The molecule has 0 aliphatic heterocycles. The summed E-state index contributed by atoms with van der Waals surface area (Å²) in [6.45, 7) is 0.757. The number of para-hydroxylation sites is 1. The number of rotatable bonds is 4. The van der Waals surface area contributed by atoms with Crippen molar-refractivity contribution in [2.24, 2.45) is 11.1 Å². The zero-order valence-corrected chi connectivity index (χ0v) is 11.2. The van der Waals surface area contributed by atoms with E-state index in [4.69, 9.17) is 5.73 Å². The third kappa shape index (κ3) is 3.07. The van der Waals surface area contributed by atoms with Crippen molar-refractivity contribution in [1.29, 1.82) is 0 Å². The molecule has 1 saturated carbocycles. The number of carbonyl (C=O) groups is 1. The molecule has 1 aromatic rings. The topological polar surface area (TPSA) is 75.4 Å². The summed E-state index contributed by atoms with van der Waals surface area (Å²) in [5.74, 6) is 0.242. The number of hydrogen-bond acceptors (Lipinski definition) is 3. The average Bonchev–Trinajstić information content (AvgIpc) is 2.46. The van der Waals surface area contributed by atoms with Gasteiger partial charge >= 0.3 is 0 Å². The highest BCUT2D eigenvalue weighted by Crippen LogP contribution is 2.35. The maximum absolute atomic E-state index is 12.4. The second kappa shape index (κ2) is 6.06. The van der Waals surface area contributed by atoms with Crippen LogP contribution in [-0.4, -0.2) is 17.6 Å². The Morgan fingerprint density at radius 1 is 1.26 bits per heavy atom. The van der Waals surface area contributed by atoms with Crippen molar-refractivity contribution in [2.45, 2.75) is 38.6 Å². The first-order chi connectivity index (χ1) is 9.18. The molecule has 0 aromatic heterocycles. The van der Waals surface area contributed by atoms with E-state index in [1.165, 1.54) is 6.42 Å². The van der Waals surface area contributed by atoms with Crippen LogP contribution in [-0.2, 0) is 11.3 Å². The van der Waals surface area contributed by atoms with Crippen molar-refractivity contribution in [3.63, 3.8) is 0 Å². The van der Waals surface area contributed by atoms with Gasteiger partial charge in [0.05, 0.1) is 5.41 Å².